The summed E-state index contributed by atoms with van der Waals surface area (Å²) in [4.78, 5) is 12.7. The van der Waals surface area contributed by atoms with Crippen LogP contribution in [0.2, 0.25) is 5.02 Å². The van der Waals surface area contributed by atoms with Gasteiger partial charge in [-0.05, 0) is 49.9 Å². The SMILES string of the molecule is CCC1CCNC2(CC2)[C@@H]1NC(=O)c1cc2ccc(Cl)cc2o1. The fourth-order valence-corrected chi connectivity index (χ4v) is 4.04. The van der Waals surface area contributed by atoms with Crippen LogP contribution in [0, 0.1) is 5.92 Å². The molecule has 2 N–H and O–H groups in total. The highest BCUT2D eigenvalue weighted by molar-refractivity contribution is 6.31. The number of carbonyl (C=O) groups is 1. The van der Waals surface area contributed by atoms with Crippen LogP contribution in [0.1, 0.15) is 43.2 Å². The lowest BCUT2D eigenvalue weighted by Gasteiger charge is -2.39. The second-order valence-corrected chi connectivity index (χ2v) is 7.22. The predicted octanol–water partition coefficient (Wildman–Crippen LogP) is 3.74. The minimum absolute atomic E-state index is 0.115. The average molecular weight is 333 g/mol. The number of halogens is 1. The third-order valence-electron chi connectivity index (χ3n) is 5.36. The fraction of sp³-hybridized carbons (Fsp3) is 0.500. The Morgan fingerprint density at radius 2 is 2.26 bits per heavy atom. The highest BCUT2D eigenvalue weighted by Gasteiger charge is 2.54. The van der Waals surface area contributed by atoms with Crippen LogP contribution in [-0.4, -0.2) is 24.0 Å². The topological polar surface area (TPSA) is 54.3 Å². The molecule has 1 aromatic heterocycles. The van der Waals surface area contributed by atoms with Crippen molar-refractivity contribution in [1.82, 2.24) is 10.6 Å². The molecule has 1 unspecified atom stereocenters. The zero-order valence-corrected chi connectivity index (χ0v) is 14.0. The molecule has 5 heteroatoms. The lowest BCUT2D eigenvalue weighted by atomic mass is 9.83. The number of hydrogen-bond acceptors (Lipinski definition) is 3. The van der Waals surface area contributed by atoms with Crippen LogP contribution in [0.15, 0.2) is 28.7 Å². The zero-order chi connectivity index (χ0) is 16.0. The van der Waals surface area contributed by atoms with Gasteiger partial charge in [0.2, 0.25) is 0 Å². The zero-order valence-electron chi connectivity index (χ0n) is 13.2. The van der Waals surface area contributed by atoms with E-state index in [4.69, 9.17) is 16.0 Å². The molecule has 2 atom stereocenters. The summed E-state index contributed by atoms with van der Waals surface area (Å²) >= 11 is 5.98. The van der Waals surface area contributed by atoms with E-state index >= 15 is 0 Å². The van der Waals surface area contributed by atoms with E-state index in [9.17, 15) is 4.79 Å². The smallest absolute Gasteiger partial charge is 0.287 e. The summed E-state index contributed by atoms with van der Waals surface area (Å²) in [5, 5.41) is 8.36. The second kappa shape index (κ2) is 5.53. The molecule has 23 heavy (non-hydrogen) atoms. The van der Waals surface area contributed by atoms with E-state index in [2.05, 4.69) is 17.6 Å². The predicted molar refractivity (Wildman–Crippen MR) is 90.8 cm³/mol. The molecule has 2 fully saturated rings. The molecule has 0 bridgehead atoms. The van der Waals surface area contributed by atoms with Crippen LogP contribution in [0.5, 0.6) is 0 Å². The van der Waals surface area contributed by atoms with Gasteiger partial charge in [-0.25, -0.2) is 0 Å². The van der Waals surface area contributed by atoms with Crippen molar-refractivity contribution in [3.63, 3.8) is 0 Å². The monoisotopic (exact) mass is 332 g/mol. The van der Waals surface area contributed by atoms with Gasteiger partial charge >= 0.3 is 0 Å². The maximum atomic E-state index is 12.7. The normalized spacial score (nSPS) is 25.7. The molecule has 2 heterocycles. The highest BCUT2D eigenvalue weighted by atomic mass is 35.5. The van der Waals surface area contributed by atoms with Gasteiger partial charge in [0, 0.05) is 22.0 Å². The molecule has 1 aliphatic heterocycles. The summed E-state index contributed by atoms with van der Waals surface area (Å²) < 4.78 is 5.69. The van der Waals surface area contributed by atoms with Gasteiger partial charge in [0.15, 0.2) is 5.76 Å². The lowest BCUT2D eigenvalue weighted by Crippen LogP contribution is -2.59. The fourth-order valence-electron chi connectivity index (χ4n) is 3.88. The summed E-state index contributed by atoms with van der Waals surface area (Å²) in [7, 11) is 0. The van der Waals surface area contributed by atoms with Crippen LogP contribution < -0.4 is 10.6 Å². The Morgan fingerprint density at radius 3 is 3.00 bits per heavy atom. The van der Waals surface area contributed by atoms with E-state index in [1.807, 2.05) is 6.07 Å². The number of rotatable bonds is 3. The molecule has 1 aromatic carbocycles. The van der Waals surface area contributed by atoms with E-state index in [-0.39, 0.29) is 17.5 Å². The van der Waals surface area contributed by atoms with E-state index < -0.39 is 0 Å². The molecule has 1 spiro atoms. The van der Waals surface area contributed by atoms with Crippen molar-refractivity contribution in [1.29, 1.82) is 0 Å². The first-order chi connectivity index (χ1) is 11.1. The number of furan rings is 1. The molecule has 4 rings (SSSR count). The second-order valence-electron chi connectivity index (χ2n) is 6.78. The van der Waals surface area contributed by atoms with Crippen molar-refractivity contribution >= 4 is 28.5 Å². The Labute approximate surface area is 140 Å². The Bertz CT molecular complexity index is 751. The van der Waals surface area contributed by atoms with Crippen LogP contribution in [0.3, 0.4) is 0 Å². The van der Waals surface area contributed by atoms with E-state index in [1.165, 1.54) is 0 Å². The van der Waals surface area contributed by atoms with Crippen molar-refractivity contribution in [2.45, 2.75) is 44.2 Å². The van der Waals surface area contributed by atoms with Crippen molar-refractivity contribution in [2.24, 2.45) is 5.92 Å². The van der Waals surface area contributed by atoms with Crippen molar-refractivity contribution in [3.05, 3.63) is 35.0 Å². The largest absolute Gasteiger partial charge is 0.451 e. The highest BCUT2D eigenvalue weighted by Crippen LogP contribution is 2.45. The van der Waals surface area contributed by atoms with E-state index in [0.29, 0.717) is 22.3 Å². The number of piperidine rings is 1. The summed E-state index contributed by atoms with van der Waals surface area (Å²) in [6.45, 7) is 3.25. The van der Waals surface area contributed by atoms with Crippen molar-refractivity contribution < 1.29 is 9.21 Å². The Balaban J connectivity index is 1.58. The van der Waals surface area contributed by atoms with Crippen molar-refractivity contribution in [2.75, 3.05) is 6.54 Å². The quantitative estimate of drug-likeness (QED) is 0.900. The van der Waals surface area contributed by atoms with Gasteiger partial charge < -0.3 is 15.1 Å². The van der Waals surface area contributed by atoms with Gasteiger partial charge in [-0.3, -0.25) is 4.79 Å². The van der Waals surface area contributed by atoms with Crippen molar-refractivity contribution in [3.8, 4) is 0 Å². The summed E-state index contributed by atoms with van der Waals surface area (Å²) in [5.41, 5.74) is 0.766. The standard InChI is InChI=1S/C18H21ClN2O2/c1-2-11-5-8-20-18(6-7-18)16(11)21-17(22)15-9-12-3-4-13(19)10-14(12)23-15/h3-4,9-11,16,20H,2,5-8H2,1H3,(H,21,22)/t11?,16-/m1/s1. The van der Waals surface area contributed by atoms with Gasteiger partial charge in [-0.1, -0.05) is 24.9 Å². The van der Waals surface area contributed by atoms with Crippen LogP contribution in [0.4, 0.5) is 0 Å². The number of amides is 1. The van der Waals surface area contributed by atoms with Gasteiger partial charge in [0.25, 0.3) is 5.91 Å². The number of fused-ring (bicyclic) bond motifs is 1. The molecule has 122 valence electrons. The van der Waals surface area contributed by atoms with Crippen LogP contribution >= 0.6 is 11.6 Å². The molecule has 1 amide bonds. The first-order valence-corrected chi connectivity index (χ1v) is 8.74. The molecule has 1 saturated heterocycles. The number of nitrogens with one attached hydrogen (secondary N) is 2. The van der Waals surface area contributed by atoms with Gasteiger partial charge in [-0.2, -0.15) is 0 Å². The Morgan fingerprint density at radius 1 is 1.43 bits per heavy atom. The molecular formula is C18H21ClN2O2. The Hall–Kier alpha value is -1.52. The number of carbonyl (C=O) groups excluding carboxylic acids is 1. The maximum Gasteiger partial charge on any atom is 0.287 e. The Kier molecular flexibility index (Phi) is 3.62. The number of benzene rings is 1. The minimum Gasteiger partial charge on any atom is -0.451 e. The third kappa shape index (κ3) is 2.64. The maximum absolute atomic E-state index is 12.7. The first-order valence-electron chi connectivity index (χ1n) is 8.36. The van der Waals surface area contributed by atoms with Crippen LogP contribution in [-0.2, 0) is 0 Å². The van der Waals surface area contributed by atoms with Gasteiger partial charge in [0.1, 0.15) is 5.58 Å². The van der Waals surface area contributed by atoms with E-state index in [1.54, 1.807) is 18.2 Å². The molecule has 4 nitrogen and oxygen atoms in total. The average Bonchev–Trinajstić information content (AvgIpc) is 3.18. The molecular weight excluding hydrogens is 312 g/mol. The molecule has 1 aliphatic carbocycles. The number of hydrogen-bond donors (Lipinski definition) is 2. The molecule has 0 radical (unpaired) electrons. The minimum atomic E-state index is -0.129. The summed E-state index contributed by atoms with van der Waals surface area (Å²) in [5.74, 6) is 0.760. The molecule has 1 saturated carbocycles. The van der Waals surface area contributed by atoms with Gasteiger partial charge in [0.05, 0.1) is 6.04 Å². The van der Waals surface area contributed by atoms with Crippen LogP contribution in [0.25, 0.3) is 11.0 Å². The van der Waals surface area contributed by atoms with Gasteiger partial charge in [-0.15, -0.1) is 0 Å². The lowest BCUT2D eigenvalue weighted by molar-refractivity contribution is 0.0849. The van der Waals surface area contributed by atoms with E-state index in [0.717, 1.165) is 37.6 Å². The molecule has 2 aromatic rings. The first kappa shape index (κ1) is 15.0. The summed E-state index contributed by atoms with van der Waals surface area (Å²) in [6.07, 6.45) is 4.48. The molecule has 2 aliphatic rings. The summed E-state index contributed by atoms with van der Waals surface area (Å²) in [6, 6.07) is 7.39. The third-order valence-corrected chi connectivity index (χ3v) is 5.60.